The van der Waals surface area contributed by atoms with E-state index in [2.05, 4.69) is 30.8 Å². The van der Waals surface area contributed by atoms with Gasteiger partial charge >= 0.3 is 35.5 Å². The van der Waals surface area contributed by atoms with E-state index in [0.717, 1.165) is 10.6 Å². The lowest BCUT2D eigenvalue weighted by Crippen LogP contribution is -2.67. The molecular formula is C8H4F8N10O2. The highest BCUT2D eigenvalue weighted by atomic mass is 19.4. The van der Waals surface area contributed by atoms with Gasteiger partial charge in [0.1, 0.15) is 0 Å². The van der Waals surface area contributed by atoms with Gasteiger partial charge in [0.05, 0.1) is 0 Å². The number of nitrogens with one attached hydrogen (secondary N) is 4. The van der Waals surface area contributed by atoms with E-state index in [4.69, 9.17) is 0 Å². The average molecular weight is 424 g/mol. The summed E-state index contributed by atoms with van der Waals surface area (Å²) in [5, 5.41) is 21.8. The first-order valence-corrected chi connectivity index (χ1v) is 6.36. The van der Waals surface area contributed by atoms with Crippen molar-refractivity contribution >= 4 is 23.7 Å². The van der Waals surface area contributed by atoms with Crippen LogP contribution in [0.5, 0.6) is 0 Å². The van der Waals surface area contributed by atoms with Crippen molar-refractivity contribution in [2.45, 2.75) is 23.7 Å². The number of carbonyl (C=O) groups excluding carboxylic acids is 2. The first-order valence-electron chi connectivity index (χ1n) is 6.36. The van der Waals surface area contributed by atoms with Gasteiger partial charge in [-0.2, -0.15) is 45.6 Å². The first kappa shape index (κ1) is 20.8. The highest BCUT2D eigenvalue weighted by molar-refractivity contribution is 5.97. The number of hydrogen-bond donors (Lipinski definition) is 4. The Kier molecular flexibility index (Phi) is 4.91. The Morgan fingerprint density at radius 2 is 1.00 bits per heavy atom. The molecule has 0 unspecified atom stereocenters. The molecule has 12 nitrogen and oxygen atoms in total. The number of halogens is 8. The molecule has 0 saturated heterocycles. The molecule has 2 aromatic heterocycles. The lowest BCUT2D eigenvalue weighted by Gasteiger charge is -2.34. The number of rotatable bonds is 7. The summed E-state index contributed by atoms with van der Waals surface area (Å²) < 4.78 is 109. The minimum absolute atomic E-state index is 0.861. The summed E-state index contributed by atoms with van der Waals surface area (Å²) in [7, 11) is 0. The monoisotopic (exact) mass is 424 g/mol. The molecule has 0 fully saturated rings. The molecule has 154 valence electrons. The van der Waals surface area contributed by atoms with Crippen LogP contribution >= 0.6 is 0 Å². The summed E-state index contributed by atoms with van der Waals surface area (Å²) in [5.74, 6) is -35.7. The van der Waals surface area contributed by atoms with Crippen molar-refractivity contribution in [1.82, 2.24) is 41.2 Å². The summed E-state index contributed by atoms with van der Waals surface area (Å²) >= 11 is 0. The molecule has 0 saturated carbocycles. The van der Waals surface area contributed by atoms with Gasteiger partial charge in [0.2, 0.25) is 0 Å². The van der Waals surface area contributed by atoms with Crippen LogP contribution in [0.3, 0.4) is 0 Å². The Bertz CT molecular complexity index is 767. The second-order valence-electron chi connectivity index (χ2n) is 4.68. The van der Waals surface area contributed by atoms with Crippen LogP contribution < -0.4 is 10.6 Å². The number of aromatic amines is 2. The second kappa shape index (κ2) is 6.60. The normalized spacial score (nSPS) is 13.3. The van der Waals surface area contributed by atoms with E-state index in [0.29, 0.717) is 0 Å². The fourth-order valence-electron chi connectivity index (χ4n) is 1.47. The zero-order valence-corrected chi connectivity index (χ0v) is 12.5. The van der Waals surface area contributed by atoms with E-state index in [1.165, 1.54) is 0 Å². The van der Waals surface area contributed by atoms with Gasteiger partial charge in [-0.15, -0.1) is 10.2 Å². The molecule has 0 aliphatic carbocycles. The molecule has 20 heteroatoms. The van der Waals surface area contributed by atoms with E-state index in [9.17, 15) is 44.7 Å². The molecule has 28 heavy (non-hydrogen) atoms. The number of tetrazole rings is 2. The topological polar surface area (TPSA) is 167 Å². The quantitative estimate of drug-likeness (QED) is 0.445. The number of hydrogen-bond acceptors (Lipinski definition) is 8. The summed E-state index contributed by atoms with van der Waals surface area (Å²) in [6.45, 7) is 0. The molecule has 2 aromatic rings. The fraction of sp³-hybridized carbons (Fsp3) is 0.500. The third-order valence-electron chi connectivity index (χ3n) is 2.89. The van der Waals surface area contributed by atoms with E-state index in [1.54, 1.807) is 10.4 Å². The Morgan fingerprint density at radius 3 is 1.25 bits per heavy atom. The highest BCUT2D eigenvalue weighted by Gasteiger charge is 2.84. The van der Waals surface area contributed by atoms with Gasteiger partial charge < -0.3 is 0 Å². The maximum atomic E-state index is 13.7. The van der Waals surface area contributed by atoms with Gasteiger partial charge in [0, 0.05) is 0 Å². The van der Waals surface area contributed by atoms with Gasteiger partial charge in [0.25, 0.3) is 11.9 Å². The van der Waals surface area contributed by atoms with Crippen molar-refractivity contribution in [2.75, 3.05) is 10.6 Å². The van der Waals surface area contributed by atoms with Crippen molar-refractivity contribution in [1.29, 1.82) is 0 Å². The molecule has 0 aliphatic heterocycles. The van der Waals surface area contributed by atoms with Crippen molar-refractivity contribution in [3.05, 3.63) is 0 Å². The molecule has 2 amide bonds. The summed E-state index contributed by atoms with van der Waals surface area (Å²) in [6, 6.07) is 0. The Labute approximate surface area is 145 Å². The van der Waals surface area contributed by atoms with Crippen LogP contribution in [0.2, 0.25) is 0 Å². The van der Waals surface area contributed by atoms with Gasteiger partial charge in [-0.1, -0.05) is 10.2 Å². The summed E-state index contributed by atoms with van der Waals surface area (Å²) in [5.41, 5.74) is 0. The number of nitrogens with zero attached hydrogens (tertiary/aromatic N) is 6. The second-order valence-corrected chi connectivity index (χ2v) is 4.68. The third-order valence-corrected chi connectivity index (χ3v) is 2.89. The molecule has 2 rings (SSSR count). The molecule has 0 aliphatic rings. The van der Waals surface area contributed by atoms with Crippen molar-refractivity contribution in [3.63, 3.8) is 0 Å². The first-order chi connectivity index (χ1) is 12.7. The summed E-state index contributed by atoms with van der Waals surface area (Å²) in [4.78, 5) is 22.4. The van der Waals surface area contributed by atoms with Gasteiger partial charge in [0.15, 0.2) is 0 Å². The highest BCUT2D eigenvalue weighted by Crippen LogP contribution is 2.53. The standard InChI is InChI=1S/C8H4F8N10O2/c9-5(10,1(27)17-3-19-23-24-20-3)7(13,14)8(15,16)6(11,12)2(28)18-4-21-25-26-22-4/h(H2,17,19,20,23,24,27)(H2,18,21,22,25,26,28). The molecule has 0 radical (unpaired) electrons. The van der Waals surface area contributed by atoms with Crippen LogP contribution in [-0.4, -0.2) is 76.8 Å². The molecule has 0 spiro atoms. The SMILES string of the molecule is O=C(Nc1nn[nH]n1)C(F)(F)C(F)(F)C(F)(F)C(F)(F)C(=O)Nc1nn[nH]n1. The van der Waals surface area contributed by atoms with E-state index in [-0.39, 0.29) is 0 Å². The van der Waals surface area contributed by atoms with E-state index in [1.807, 2.05) is 0 Å². The lowest BCUT2D eigenvalue weighted by atomic mass is 9.97. The van der Waals surface area contributed by atoms with Crippen molar-refractivity contribution in [2.24, 2.45) is 0 Å². The number of aromatic nitrogens is 8. The number of H-pyrrole nitrogens is 2. The maximum absolute atomic E-state index is 13.7. The number of alkyl halides is 8. The van der Waals surface area contributed by atoms with E-state index < -0.39 is 47.4 Å². The zero-order valence-electron chi connectivity index (χ0n) is 12.5. The van der Waals surface area contributed by atoms with Crippen LogP contribution in [0.15, 0.2) is 0 Å². The average Bonchev–Trinajstić information content (AvgIpc) is 3.28. The lowest BCUT2D eigenvalue weighted by molar-refractivity contribution is -0.345. The fourth-order valence-corrected chi connectivity index (χ4v) is 1.47. The smallest absolute Gasteiger partial charge is 0.286 e. The molecular weight excluding hydrogens is 420 g/mol. The number of amides is 2. The largest absolute Gasteiger partial charge is 0.393 e. The minimum Gasteiger partial charge on any atom is -0.286 e. The molecule has 0 atom stereocenters. The van der Waals surface area contributed by atoms with Gasteiger partial charge in [-0.25, -0.2) is 0 Å². The summed E-state index contributed by atoms with van der Waals surface area (Å²) in [6.07, 6.45) is 0. The number of anilines is 2. The van der Waals surface area contributed by atoms with Crippen LogP contribution in [0.25, 0.3) is 0 Å². The Hall–Kier alpha value is -3.48. The predicted octanol–water partition coefficient (Wildman–Crippen LogP) is -0.169. The predicted molar refractivity (Wildman–Crippen MR) is 65.4 cm³/mol. The van der Waals surface area contributed by atoms with Gasteiger partial charge in [-0.3, -0.25) is 20.2 Å². The van der Waals surface area contributed by atoms with Crippen LogP contribution in [-0.2, 0) is 9.59 Å². The van der Waals surface area contributed by atoms with E-state index >= 15 is 0 Å². The van der Waals surface area contributed by atoms with Crippen LogP contribution in [0.1, 0.15) is 0 Å². The molecule has 0 aromatic carbocycles. The molecule has 0 bridgehead atoms. The Balaban J connectivity index is 2.31. The third kappa shape index (κ3) is 3.15. The maximum Gasteiger partial charge on any atom is 0.393 e. The molecule has 4 N–H and O–H groups in total. The van der Waals surface area contributed by atoms with Crippen molar-refractivity contribution in [3.8, 4) is 0 Å². The minimum atomic E-state index is -7.06. The van der Waals surface area contributed by atoms with Gasteiger partial charge in [-0.05, 0) is 10.4 Å². The van der Waals surface area contributed by atoms with Crippen LogP contribution in [0.4, 0.5) is 47.0 Å². The number of carbonyl (C=O) groups is 2. The van der Waals surface area contributed by atoms with Crippen molar-refractivity contribution < 1.29 is 44.7 Å². The van der Waals surface area contributed by atoms with Crippen LogP contribution in [0, 0.1) is 0 Å². The Morgan fingerprint density at radius 1 is 0.679 bits per heavy atom. The zero-order chi connectivity index (χ0) is 21.4. The molecule has 2 heterocycles.